The lowest BCUT2D eigenvalue weighted by Gasteiger charge is -2.17. The Morgan fingerprint density at radius 3 is 2.91 bits per heavy atom. The number of amides is 1. The molecule has 1 heterocycles. The minimum absolute atomic E-state index is 0.0115. The molecule has 2 N–H and O–H groups in total. The van der Waals surface area contributed by atoms with Crippen LogP contribution in [0.25, 0.3) is 11.3 Å². The molecule has 1 saturated carbocycles. The van der Waals surface area contributed by atoms with Gasteiger partial charge < -0.3 is 10.1 Å². The predicted molar refractivity (Wildman–Crippen MR) is 87.7 cm³/mol. The van der Waals surface area contributed by atoms with Gasteiger partial charge in [0.15, 0.2) is 0 Å². The van der Waals surface area contributed by atoms with Gasteiger partial charge in [-0.1, -0.05) is 12.8 Å². The molecule has 5 nitrogen and oxygen atoms in total. The van der Waals surface area contributed by atoms with E-state index >= 15 is 0 Å². The zero-order valence-corrected chi connectivity index (χ0v) is 13.3. The first-order valence-corrected chi connectivity index (χ1v) is 8.31. The standard InChI is InChI=1S/C18H21N3O2/c1-23-13-7-9-14-11(10-13)6-8-15-16(14)20-21-17(15)18(22)19-12-4-2-3-5-12/h7,9-10,12H,2-6,8H2,1H3,(H,19,22)(H,20,21). The fraction of sp³-hybridized carbons (Fsp3) is 0.444. The monoisotopic (exact) mass is 311 g/mol. The molecule has 120 valence electrons. The van der Waals surface area contributed by atoms with E-state index in [-0.39, 0.29) is 5.91 Å². The number of methoxy groups -OCH3 is 1. The largest absolute Gasteiger partial charge is 0.497 e. The van der Waals surface area contributed by atoms with E-state index < -0.39 is 0 Å². The second kappa shape index (κ2) is 5.72. The van der Waals surface area contributed by atoms with Gasteiger partial charge in [-0.3, -0.25) is 9.89 Å². The third-order valence-corrected chi connectivity index (χ3v) is 5.00. The second-order valence-electron chi connectivity index (χ2n) is 6.40. The van der Waals surface area contributed by atoms with Crippen LogP contribution in [0.2, 0.25) is 0 Å². The van der Waals surface area contributed by atoms with Crippen molar-refractivity contribution in [2.45, 2.75) is 44.6 Å². The van der Waals surface area contributed by atoms with Crippen LogP contribution >= 0.6 is 0 Å². The smallest absolute Gasteiger partial charge is 0.269 e. The highest BCUT2D eigenvalue weighted by molar-refractivity contribution is 5.96. The predicted octanol–water partition coefficient (Wildman–Crippen LogP) is 2.86. The number of hydrogen-bond acceptors (Lipinski definition) is 3. The first-order valence-electron chi connectivity index (χ1n) is 8.31. The van der Waals surface area contributed by atoms with E-state index in [2.05, 4.69) is 21.6 Å². The van der Waals surface area contributed by atoms with E-state index in [4.69, 9.17) is 4.74 Å². The van der Waals surface area contributed by atoms with Gasteiger partial charge in [-0.05, 0) is 49.4 Å². The molecule has 2 aliphatic carbocycles. The molecule has 23 heavy (non-hydrogen) atoms. The molecule has 1 fully saturated rings. The van der Waals surface area contributed by atoms with Gasteiger partial charge in [-0.15, -0.1) is 0 Å². The van der Waals surface area contributed by atoms with Gasteiger partial charge >= 0.3 is 0 Å². The molecule has 0 radical (unpaired) electrons. The van der Waals surface area contributed by atoms with Crippen LogP contribution in [0.15, 0.2) is 18.2 Å². The molecular formula is C18H21N3O2. The number of benzene rings is 1. The van der Waals surface area contributed by atoms with Crippen LogP contribution in [0.3, 0.4) is 0 Å². The first kappa shape index (κ1) is 14.3. The van der Waals surface area contributed by atoms with E-state index in [9.17, 15) is 4.79 Å². The van der Waals surface area contributed by atoms with Crippen LogP contribution in [-0.2, 0) is 12.8 Å². The van der Waals surface area contributed by atoms with Crippen molar-refractivity contribution in [2.75, 3.05) is 7.11 Å². The Bertz CT molecular complexity index is 745. The van der Waals surface area contributed by atoms with Gasteiger partial charge in [-0.25, -0.2) is 0 Å². The molecule has 1 aromatic heterocycles. The number of H-pyrrole nitrogens is 1. The summed E-state index contributed by atoms with van der Waals surface area (Å²) in [5.41, 5.74) is 4.91. The maximum absolute atomic E-state index is 12.5. The van der Waals surface area contributed by atoms with Crippen LogP contribution in [0.5, 0.6) is 5.75 Å². The Morgan fingerprint density at radius 2 is 2.13 bits per heavy atom. The van der Waals surface area contributed by atoms with Gasteiger partial charge in [0.2, 0.25) is 0 Å². The lowest BCUT2D eigenvalue weighted by atomic mass is 9.88. The quantitative estimate of drug-likeness (QED) is 0.916. The number of ether oxygens (including phenoxy) is 1. The zero-order valence-electron chi connectivity index (χ0n) is 13.3. The lowest BCUT2D eigenvalue weighted by Crippen LogP contribution is -2.33. The Hall–Kier alpha value is -2.30. The second-order valence-corrected chi connectivity index (χ2v) is 6.40. The number of rotatable bonds is 3. The van der Waals surface area contributed by atoms with E-state index in [0.29, 0.717) is 11.7 Å². The maximum atomic E-state index is 12.5. The Labute approximate surface area is 135 Å². The molecule has 4 rings (SSSR count). The van der Waals surface area contributed by atoms with Crippen molar-refractivity contribution in [2.24, 2.45) is 0 Å². The number of nitrogens with zero attached hydrogens (tertiary/aromatic N) is 1. The molecule has 2 aromatic rings. The molecule has 2 aliphatic rings. The van der Waals surface area contributed by atoms with Gasteiger partial charge in [0.1, 0.15) is 11.4 Å². The number of fused-ring (bicyclic) bond motifs is 3. The maximum Gasteiger partial charge on any atom is 0.269 e. The third kappa shape index (κ3) is 2.50. The number of nitrogens with one attached hydrogen (secondary N) is 2. The molecule has 0 bridgehead atoms. The normalized spacial score (nSPS) is 16.7. The SMILES string of the molecule is COc1ccc2c(c1)CCc1c-2n[nH]c1C(=O)NC1CCCC1. The van der Waals surface area contributed by atoms with Crippen molar-refractivity contribution in [1.29, 1.82) is 0 Å². The average molecular weight is 311 g/mol. The summed E-state index contributed by atoms with van der Waals surface area (Å²) in [5.74, 6) is 0.851. The summed E-state index contributed by atoms with van der Waals surface area (Å²) >= 11 is 0. The summed E-state index contributed by atoms with van der Waals surface area (Å²) < 4.78 is 5.29. The molecule has 1 amide bonds. The minimum Gasteiger partial charge on any atom is -0.497 e. The number of aromatic amines is 1. The van der Waals surface area contributed by atoms with Gasteiger partial charge in [0, 0.05) is 17.2 Å². The van der Waals surface area contributed by atoms with Crippen molar-refractivity contribution in [1.82, 2.24) is 15.5 Å². The van der Waals surface area contributed by atoms with Gasteiger partial charge in [0.05, 0.1) is 12.8 Å². The van der Waals surface area contributed by atoms with E-state index in [1.165, 1.54) is 18.4 Å². The van der Waals surface area contributed by atoms with Crippen molar-refractivity contribution < 1.29 is 9.53 Å². The highest BCUT2D eigenvalue weighted by atomic mass is 16.5. The van der Waals surface area contributed by atoms with E-state index in [1.54, 1.807) is 7.11 Å². The van der Waals surface area contributed by atoms with Crippen molar-refractivity contribution in [3.05, 3.63) is 35.0 Å². The third-order valence-electron chi connectivity index (χ3n) is 5.00. The van der Waals surface area contributed by atoms with Gasteiger partial charge in [0.25, 0.3) is 5.91 Å². The first-order chi connectivity index (χ1) is 11.3. The number of aromatic nitrogens is 2. The summed E-state index contributed by atoms with van der Waals surface area (Å²) in [5, 5.41) is 10.5. The Balaban J connectivity index is 1.63. The summed E-state index contributed by atoms with van der Waals surface area (Å²) in [4.78, 5) is 12.5. The van der Waals surface area contributed by atoms with E-state index in [0.717, 1.165) is 48.3 Å². The van der Waals surface area contributed by atoms with Crippen LogP contribution in [-0.4, -0.2) is 29.3 Å². The van der Waals surface area contributed by atoms with Crippen molar-refractivity contribution >= 4 is 5.91 Å². The van der Waals surface area contributed by atoms with Gasteiger partial charge in [-0.2, -0.15) is 5.10 Å². The molecule has 5 heteroatoms. The number of carbonyl (C=O) groups excluding carboxylic acids is 1. The zero-order chi connectivity index (χ0) is 15.8. The molecule has 0 unspecified atom stereocenters. The Morgan fingerprint density at radius 1 is 1.30 bits per heavy atom. The fourth-order valence-electron chi connectivity index (χ4n) is 3.74. The summed E-state index contributed by atoms with van der Waals surface area (Å²) in [7, 11) is 1.68. The number of carbonyl (C=O) groups is 1. The summed E-state index contributed by atoms with van der Waals surface area (Å²) in [6.45, 7) is 0. The number of hydrogen-bond donors (Lipinski definition) is 2. The topological polar surface area (TPSA) is 67.0 Å². The van der Waals surface area contributed by atoms with Crippen molar-refractivity contribution in [3.63, 3.8) is 0 Å². The van der Waals surface area contributed by atoms with Crippen LogP contribution in [0, 0.1) is 0 Å². The molecule has 0 atom stereocenters. The molecule has 0 aliphatic heterocycles. The average Bonchev–Trinajstić information content (AvgIpc) is 3.23. The number of aryl methyl sites for hydroxylation is 1. The highest BCUT2D eigenvalue weighted by Gasteiger charge is 2.27. The van der Waals surface area contributed by atoms with Crippen LogP contribution in [0.4, 0.5) is 0 Å². The van der Waals surface area contributed by atoms with Crippen LogP contribution < -0.4 is 10.1 Å². The van der Waals surface area contributed by atoms with Crippen molar-refractivity contribution in [3.8, 4) is 17.0 Å². The van der Waals surface area contributed by atoms with Crippen LogP contribution in [0.1, 0.15) is 47.3 Å². The Kier molecular flexibility index (Phi) is 3.56. The molecule has 1 aromatic carbocycles. The summed E-state index contributed by atoms with van der Waals surface area (Å²) in [6, 6.07) is 6.36. The molecule has 0 spiro atoms. The minimum atomic E-state index is -0.0115. The summed E-state index contributed by atoms with van der Waals surface area (Å²) in [6.07, 6.45) is 6.33. The van der Waals surface area contributed by atoms with E-state index in [1.807, 2.05) is 12.1 Å². The lowest BCUT2D eigenvalue weighted by molar-refractivity contribution is 0.0932. The highest BCUT2D eigenvalue weighted by Crippen LogP contribution is 2.35. The fourth-order valence-corrected chi connectivity index (χ4v) is 3.74. The molecular weight excluding hydrogens is 290 g/mol. The molecule has 0 saturated heterocycles.